The summed E-state index contributed by atoms with van der Waals surface area (Å²) >= 11 is 1.42. The van der Waals surface area contributed by atoms with Crippen molar-refractivity contribution in [3.63, 3.8) is 0 Å². The molecule has 0 atom stereocenters. The van der Waals surface area contributed by atoms with E-state index in [9.17, 15) is 13.2 Å². The van der Waals surface area contributed by atoms with Crippen LogP contribution in [0.3, 0.4) is 0 Å². The van der Waals surface area contributed by atoms with Crippen LogP contribution >= 0.6 is 11.9 Å². The molecule has 1 aromatic heterocycles. The number of imidazole rings is 1. The Labute approximate surface area is 152 Å². The summed E-state index contributed by atoms with van der Waals surface area (Å²) < 4.78 is 47.5. The number of hydrogen-bond donors (Lipinski definition) is 2. The SMILES string of the molecule is CNSc1ccc(Oc2cccc(C(F)(F)F)c2)c(-c2ncc(C)[nH]2)c1. The number of hydrogen-bond acceptors (Lipinski definition) is 4. The Morgan fingerprint density at radius 3 is 2.62 bits per heavy atom. The second kappa shape index (κ2) is 7.43. The number of aryl methyl sites for hydroxylation is 1. The first kappa shape index (κ1) is 18.3. The van der Waals surface area contributed by atoms with Gasteiger partial charge in [-0.2, -0.15) is 13.2 Å². The predicted molar refractivity (Wildman–Crippen MR) is 95.2 cm³/mol. The van der Waals surface area contributed by atoms with Gasteiger partial charge in [0, 0.05) is 16.8 Å². The molecule has 3 rings (SSSR count). The highest BCUT2D eigenvalue weighted by atomic mass is 32.2. The Morgan fingerprint density at radius 1 is 1.15 bits per heavy atom. The van der Waals surface area contributed by atoms with Crippen LogP contribution in [-0.4, -0.2) is 17.0 Å². The van der Waals surface area contributed by atoms with Crippen LogP contribution in [0, 0.1) is 6.92 Å². The highest BCUT2D eigenvalue weighted by molar-refractivity contribution is 7.97. The molecular weight excluding hydrogens is 363 g/mol. The van der Waals surface area contributed by atoms with E-state index >= 15 is 0 Å². The van der Waals surface area contributed by atoms with E-state index in [4.69, 9.17) is 4.74 Å². The average Bonchev–Trinajstić information content (AvgIpc) is 3.02. The lowest BCUT2D eigenvalue weighted by Crippen LogP contribution is -2.04. The van der Waals surface area contributed by atoms with Crippen molar-refractivity contribution in [1.82, 2.24) is 14.7 Å². The summed E-state index contributed by atoms with van der Waals surface area (Å²) in [7, 11) is 1.80. The van der Waals surface area contributed by atoms with Gasteiger partial charge in [-0.05, 0) is 62.3 Å². The fraction of sp³-hybridized carbons (Fsp3) is 0.167. The quantitative estimate of drug-likeness (QED) is 0.581. The van der Waals surface area contributed by atoms with Gasteiger partial charge in [0.25, 0.3) is 0 Å². The number of H-pyrrole nitrogens is 1. The van der Waals surface area contributed by atoms with Crippen molar-refractivity contribution < 1.29 is 17.9 Å². The van der Waals surface area contributed by atoms with E-state index in [0.29, 0.717) is 17.1 Å². The fourth-order valence-electron chi connectivity index (χ4n) is 2.38. The van der Waals surface area contributed by atoms with Crippen molar-refractivity contribution in [3.05, 3.63) is 59.9 Å². The second-order valence-corrected chi connectivity index (χ2v) is 6.59. The first-order valence-electron chi connectivity index (χ1n) is 7.71. The van der Waals surface area contributed by atoms with Gasteiger partial charge in [0.1, 0.15) is 17.3 Å². The molecule has 1 heterocycles. The number of nitrogens with zero attached hydrogens (tertiary/aromatic N) is 1. The summed E-state index contributed by atoms with van der Waals surface area (Å²) in [5.41, 5.74) is 0.778. The molecule has 2 aromatic carbocycles. The van der Waals surface area contributed by atoms with E-state index in [1.807, 2.05) is 19.1 Å². The Balaban J connectivity index is 1.99. The molecule has 0 amide bonds. The molecule has 0 radical (unpaired) electrons. The molecule has 3 aromatic rings. The molecule has 0 spiro atoms. The molecule has 0 saturated carbocycles. The summed E-state index contributed by atoms with van der Waals surface area (Å²) in [4.78, 5) is 8.35. The minimum atomic E-state index is -4.42. The van der Waals surface area contributed by atoms with Crippen molar-refractivity contribution in [2.75, 3.05) is 7.05 Å². The fourth-order valence-corrected chi connectivity index (χ4v) is 2.93. The zero-order valence-corrected chi connectivity index (χ0v) is 14.8. The minimum Gasteiger partial charge on any atom is -0.457 e. The van der Waals surface area contributed by atoms with E-state index in [2.05, 4.69) is 14.7 Å². The van der Waals surface area contributed by atoms with Gasteiger partial charge in [-0.3, -0.25) is 4.72 Å². The second-order valence-electron chi connectivity index (χ2n) is 5.51. The molecular formula is C18H16F3N3OS. The molecule has 2 N–H and O–H groups in total. The third-order valence-electron chi connectivity index (χ3n) is 3.52. The van der Waals surface area contributed by atoms with Gasteiger partial charge in [-0.25, -0.2) is 4.98 Å². The maximum atomic E-state index is 12.9. The van der Waals surface area contributed by atoms with Crippen LogP contribution in [0.5, 0.6) is 11.5 Å². The van der Waals surface area contributed by atoms with Crippen LogP contribution < -0.4 is 9.46 Å². The van der Waals surface area contributed by atoms with E-state index < -0.39 is 11.7 Å². The normalized spacial score (nSPS) is 11.6. The lowest BCUT2D eigenvalue weighted by atomic mass is 10.1. The highest BCUT2D eigenvalue weighted by Gasteiger charge is 2.30. The van der Waals surface area contributed by atoms with Crippen molar-refractivity contribution in [3.8, 4) is 22.9 Å². The van der Waals surface area contributed by atoms with Crippen LogP contribution in [0.1, 0.15) is 11.3 Å². The lowest BCUT2D eigenvalue weighted by Gasteiger charge is -2.13. The van der Waals surface area contributed by atoms with Crippen LogP contribution in [0.15, 0.2) is 53.6 Å². The average molecular weight is 379 g/mol. The van der Waals surface area contributed by atoms with Crippen LogP contribution in [0.25, 0.3) is 11.4 Å². The Hall–Kier alpha value is -2.45. The Morgan fingerprint density at radius 2 is 1.96 bits per heavy atom. The summed E-state index contributed by atoms with van der Waals surface area (Å²) in [5.74, 6) is 1.11. The van der Waals surface area contributed by atoms with Gasteiger partial charge in [0.05, 0.1) is 11.1 Å². The molecule has 0 saturated heterocycles. The van der Waals surface area contributed by atoms with E-state index in [1.54, 1.807) is 19.3 Å². The van der Waals surface area contributed by atoms with Crippen molar-refractivity contribution in [2.45, 2.75) is 18.0 Å². The molecule has 0 aliphatic heterocycles. The van der Waals surface area contributed by atoms with Crippen LogP contribution in [0.4, 0.5) is 13.2 Å². The van der Waals surface area contributed by atoms with Gasteiger partial charge in [0.15, 0.2) is 0 Å². The van der Waals surface area contributed by atoms with E-state index in [-0.39, 0.29) is 5.75 Å². The standard InChI is InChI=1S/C18H16F3N3OS/c1-11-10-23-17(24-11)15-9-14(26-22-2)6-7-16(15)25-13-5-3-4-12(8-13)18(19,20)21/h3-10,22H,1-2H3,(H,23,24). The first-order valence-corrected chi connectivity index (χ1v) is 8.53. The molecule has 4 nitrogen and oxygen atoms in total. The van der Waals surface area contributed by atoms with E-state index in [1.165, 1.54) is 24.1 Å². The lowest BCUT2D eigenvalue weighted by molar-refractivity contribution is -0.137. The highest BCUT2D eigenvalue weighted by Crippen LogP contribution is 2.37. The maximum Gasteiger partial charge on any atom is 0.416 e. The van der Waals surface area contributed by atoms with Gasteiger partial charge < -0.3 is 9.72 Å². The maximum absolute atomic E-state index is 12.9. The number of benzene rings is 2. The molecule has 136 valence electrons. The summed E-state index contributed by atoms with van der Waals surface area (Å²) in [5, 5.41) is 0. The topological polar surface area (TPSA) is 49.9 Å². The number of nitrogens with one attached hydrogen (secondary N) is 2. The number of halogens is 3. The number of alkyl halides is 3. The molecule has 0 bridgehead atoms. The zero-order chi connectivity index (χ0) is 18.7. The smallest absolute Gasteiger partial charge is 0.416 e. The van der Waals surface area contributed by atoms with Gasteiger partial charge in [0.2, 0.25) is 0 Å². The largest absolute Gasteiger partial charge is 0.457 e. The van der Waals surface area contributed by atoms with Gasteiger partial charge >= 0.3 is 6.18 Å². The van der Waals surface area contributed by atoms with Crippen molar-refractivity contribution in [2.24, 2.45) is 0 Å². The molecule has 26 heavy (non-hydrogen) atoms. The Kier molecular flexibility index (Phi) is 5.24. The van der Waals surface area contributed by atoms with Crippen LogP contribution in [-0.2, 0) is 6.18 Å². The monoisotopic (exact) mass is 379 g/mol. The van der Waals surface area contributed by atoms with Gasteiger partial charge in [-0.1, -0.05) is 6.07 Å². The summed E-state index contributed by atoms with van der Waals surface area (Å²) in [6.45, 7) is 1.87. The summed E-state index contributed by atoms with van der Waals surface area (Å²) in [6, 6.07) is 10.2. The summed E-state index contributed by atoms with van der Waals surface area (Å²) in [6.07, 6.45) is -2.74. The van der Waals surface area contributed by atoms with Crippen LogP contribution in [0.2, 0.25) is 0 Å². The van der Waals surface area contributed by atoms with E-state index in [0.717, 1.165) is 22.7 Å². The number of aromatic nitrogens is 2. The number of ether oxygens (including phenoxy) is 1. The molecule has 0 unspecified atom stereocenters. The van der Waals surface area contributed by atoms with Gasteiger partial charge in [-0.15, -0.1) is 0 Å². The van der Waals surface area contributed by atoms with Crippen molar-refractivity contribution >= 4 is 11.9 Å². The molecule has 0 aliphatic carbocycles. The predicted octanol–water partition coefficient (Wildman–Crippen LogP) is 5.42. The minimum absolute atomic E-state index is 0.110. The first-order chi connectivity index (χ1) is 12.4. The third kappa shape index (κ3) is 4.20. The molecule has 0 aliphatic rings. The zero-order valence-electron chi connectivity index (χ0n) is 14.0. The Bertz CT molecular complexity index is 909. The molecule has 8 heteroatoms. The van der Waals surface area contributed by atoms with Crippen molar-refractivity contribution in [1.29, 1.82) is 0 Å². The number of rotatable bonds is 5. The number of aromatic amines is 1. The third-order valence-corrected chi connectivity index (χ3v) is 4.21. The molecule has 0 fully saturated rings.